The second-order valence-corrected chi connectivity index (χ2v) is 4.19. The molecule has 6 nitrogen and oxygen atoms in total. The lowest BCUT2D eigenvalue weighted by Crippen LogP contribution is -2.24. The maximum atomic E-state index is 11.2. The van der Waals surface area contributed by atoms with Crippen molar-refractivity contribution in [1.82, 2.24) is 15.1 Å². The summed E-state index contributed by atoms with van der Waals surface area (Å²) in [5.74, 6) is 0.225. The van der Waals surface area contributed by atoms with Crippen molar-refractivity contribution in [1.29, 1.82) is 0 Å². The molecule has 0 spiro atoms. The standard InChI is InChI=1S/C11H16N4O2/c1-15-6-5-8(7-15)12-10-4-3-9(13-14-10)11(16)17-2/h3-4,8H,5-7H2,1-2H3,(H,12,14). The second-order valence-electron chi connectivity index (χ2n) is 4.19. The van der Waals surface area contributed by atoms with Crippen LogP contribution < -0.4 is 5.32 Å². The summed E-state index contributed by atoms with van der Waals surface area (Å²) in [6.07, 6.45) is 1.09. The zero-order valence-corrected chi connectivity index (χ0v) is 10.0. The van der Waals surface area contributed by atoms with Gasteiger partial charge in [-0.25, -0.2) is 4.79 Å². The molecule has 1 fully saturated rings. The quantitative estimate of drug-likeness (QED) is 0.765. The molecule has 6 heteroatoms. The lowest BCUT2D eigenvalue weighted by Gasteiger charge is -2.12. The summed E-state index contributed by atoms with van der Waals surface area (Å²) in [4.78, 5) is 13.4. The number of nitrogens with one attached hydrogen (secondary N) is 1. The summed E-state index contributed by atoms with van der Waals surface area (Å²) in [6, 6.07) is 3.76. The number of hydrogen-bond donors (Lipinski definition) is 1. The first-order valence-corrected chi connectivity index (χ1v) is 5.56. The van der Waals surface area contributed by atoms with E-state index in [-0.39, 0.29) is 5.69 Å². The molecule has 1 N–H and O–H groups in total. The molecule has 2 rings (SSSR count). The Morgan fingerprint density at radius 3 is 2.88 bits per heavy atom. The molecule has 1 saturated heterocycles. The number of likely N-dealkylation sites (tertiary alicyclic amines) is 1. The fourth-order valence-corrected chi connectivity index (χ4v) is 1.88. The molecule has 1 aromatic rings. The molecule has 92 valence electrons. The van der Waals surface area contributed by atoms with E-state index in [1.807, 2.05) is 0 Å². The SMILES string of the molecule is COC(=O)c1ccc(NC2CCN(C)C2)nn1. The van der Waals surface area contributed by atoms with E-state index >= 15 is 0 Å². The molecule has 0 saturated carbocycles. The van der Waals surface area contributed by atoms with Crippen molar-refractivity contribution in [2.24, 2.45) is 0 Å². The molecular weight excluding hydrogens is 220 g/mol. The van der Waals surface area contributed by atoms with Gasteiger partial charge >= 0.3 is 5.97 Å². The molecule has 1 atom stereocenters. The largest absolute Gasteiger partial charge is 0.464 e. The average Bonchev–Trinajstić information content (AvgIpc) is 2.75. The van der Waals surface area contributed by atoms with Crippen molar-refractivity contribution in [3.63, 3.8) is 0 Å². The molecule has 0 aromatic carbocycles. The third-order valence-corrected chi connectivity index (χ3v) is 2.80. The van der Waals surface area contributed by atoms with Gasteiger partial charge in [0.05, 0.1) is 7.11 Å². The van der Waals surface area contributed by atoms with Crippen molar-refractivity contribution in [2.45, 2.75) is 12.5 Å². The van der Waals surface area contributed by atoms with Gasteiger partial charge in [-0.05, 0) is 32.1 Å². The minimum absolute atomic E-state index is 0.224. The van der Waals surface area contributed by atoms with Gasteiger partial charge in [0.25, 0.3) is 0 Å². The first-order valence-electron chi connectivity index (χ1n) is 5.56. The smallest absolute Gasteiger partial charge is 0.358 e. The highest BCUT2D eigenvalue weighted by Crippen LogP contribution is 2.12. The Morgan fingerprint density at radius 2 is 2.35 bits per heavy atom. The number of esters is 1. The van der Waals surface area contributed by atoms with Crippen LogP contribution in [0.4, 0.5) is 5.82 Å². The second kappa shape index (κ2) is 5.09. The number of carbonyl (C=O) groups is 1. The highest BCUT2D eigenvalue weighted by atomic mass is 16.5. The third kappa shape index (κ3) is 2.91. The summed E-state index contributed by atoms with van der Waals surface area (Å²) in [5.41, 5.74) is 0.224. The maximum Gasteiger partial charge on any atom is 0.358 e. The predicted octanol–water partition coefficient (Wildman–Crippen LogP) is 0.379. The number of nitrogens with zero attached hydrogens (tertiary/aromatic N) is 3. The van der Waals surface area contributed by atoms with Gasteiger partial charge in [0.2, 0.25) is 0 Å². The molecule has 17 heavy (non-hydrogen) atoms. The number of aromatic nitrogens is 2. The van der Waals surface area contributed by atoms with Crippen molar-refractivity contribution in [3.05, 3.63) is 17.8 Å². The van der Waals surface area contributed by atoms with Crippen LogP contribution in [0.5, 0.6) is 0 Å². The van der Waals surface area contributed by atoms with Crippen LogP contribution in [0, 0.1) is 0 Å². The van der Waals surface area contributed by atoms with Gasteiger partial charge < -0.3 is 15.0 Å². The number of likely N-dealkylation sites (N-methyl/N-ethyl adjacent to an activating group) is 1. The first-order chi connectivity index (χ1) is 8.19. The highest BCUT2D eigenvalue weighted by molar-refractivity contribution is 5.86. The minimum Gasteiger partial charge on any atom is -0.464 e. The zero-order valence-electron chi connectivity index (χ0n) is 10.0. The van der Waals surface area contributed by atoms with Crippen molar-refractivity contribution in [3.8, 4) is 0 Å². The van der Waals surface area contributed by atoms with E-state index in [9.17, 15) is 4.79 Å². The van der Waals surface area contributed by atoms with E-state index in [1.54, 1.807) is 12.1 Å². The topological polar surface area (TPSA) is 67.3 Å². The van der Waals surface area contributed by atoms with Crippen molar-refractivity contribution >= 4 is 11.8 Å². The monoisotopic (exact) mass is 236 g/mol. The van der Waals surface area contributed by atoms with E-state index in [0.29, 0.717) is 11.9 Å². The van der Waals surface area contributed by atoms with Gasteiger partial charge in [-0.15, -0.1) is 10.2 Å². The maximum absolute atomic E-state index is 11.2. The van der Waals surface area contributed by atoms with Crippen LogP contribution in [0.3, 0.4) is 0 Å². The Kier molecular flexibility index (Phi) is 3.53. The fourth-order valence-electron chi connectivity index (χ4n) is 1.88. The Morgan fingerprint density at radius 1 is 1.53 bits per heavy atom. The van der Waals surface area contributed by atoms with Gasteiger partial charge in [0.15, 0.2) is 5.69 Å². The summed E-state index contributed by atoms with van der Waals surface area (Å²) in [7, 11) is 3.41. The van der Waals surface area contributed by atoms with Crippen LogP contribution in [-0.2, 0) is 4.74 Å². The van der Waals surface area contributed by atoms with Crippen LogP contribution in [0.2, 0.25) is 0 Å². The Labute approximate surface area is 100.0 Å². The Hall–Kier alpha value is -1.69. The summed E-state index contributed by atoms with van der Waals surface area (Å²) < 4.78 is 4.56. The minimum atomic E-state index is -0.468. The Balaban J connectivity index is 1.96. The first kappa shape index (κ1) is 11.8. The summed E-state index contributed by atoms with van der Waals surface area (Å²) in [5, 5.41) is 11.1. The van der Waals surface area contributed by atoms with E-state index < -0.39 is 5.97 Å². The van der Waals surface area contributed by atoms with Gasteiger partial charge in [0.1, 0.15) is 5.82 Å². The van der Waals surface area contributed by atoms with Crippen LogP contribution >= 0.6 is 0 Å². The molecule has 1 aliphatic heterocycles. The number of anilines is 1. The predicted molar refractivity (Wildman–Crippen MR) is 62.9 cm³/mol. The third-order valence-electron chi connectivity index (χ3n) is 2.80. The molecule has 2 heterocycles. The molecule has 0 radical (unpaired) electrons. The number of methoxy groups -OCH3 is 1. The zero-order chi connectivity index (χ0) is 12.3. The van der Waals surface area contributed by atoms with E-state index in [0.717, 1.165) is 19.5 Å². The number of ether oxygens (including phenoxy) is 1. The van der Waals surface area contributed by atoms with E-state index in [1.165, 1.54) is 7.11 Å². The molecule has 0 aliphatic carbocycles. The molecule has 0 amide bonds. The Bertz CT molecular complexity index is 393. The van der Waals surface area contributed by atoms with Crippen LogP contribution in [0.15, 0.2) is 12.1 Å². The summed E-state index contributed by atoms with van der Waals surface area (Å²) >= 11 is 0. The normalized spacial score (nSPS) is 20.2. The van der Waals surface area contributed by atoms with Gasteiger partial charge in [-0.2, -0.15) is 0 Å². The lowest BCUT2D eigenvalue weighted by atomic mass is 10.2. The number of hydrogen-bond acceptors (Lipinski definition) is 6. The molecule has 1 unspecified atom stereocenters. The average molecular weight is 236 g/mol. The number of rotatable bonds is 3. The van der Waals surface area contributed by atoms with Crippen LogP contribution in [0.1, 0.15) is 16.9 Å². The van der Waals surface area contributed by atoms with Crippen molar-refractivity contribution < 1.29 is 9.53 Å². The van der Waals surface area contributed by atoms with E-state index in [4.69, 9.17) is 0 Å². The fraction of sp³-hybridized carbons (Fsp3) is 0.545. The van der Waals surface area contributed by atoms with E-state index in [2.05, 4.69) is 32.2 Å². The molecule has 1 aliphatic rings. The molecular formula is C11H16N4O2. The number of carbonyl (C=O) groups excluding carboxylic acids is 1. The van der Waals surface area contributed by atoms with Crippen LogP contribution in [0.25, 0.3) is 0 Å². The van der Waals surface area contributed by atoms with Gasteiger partial charge in [-0.1, -0.05) is 0 Å². The van der Waals surface area contributed by atoms with Gasteiger partial charge in [0, 0.05) is 12.6 Å². The van der Waals surface area contributed by atoms with Crippen molar-refractivity contribution in [2.75, 3.05) is 32.6 Å². The van der Waals surface area contributed by atoms with Gasteiger partial charge in [-0.3, -0.25) is 0 Å². The van der Waals surface area contributed by atoms with Crippen LogP contribution in [-0.4, -0.2) is 54.4 Å². The molecule has 1 aromatic heterocycles. The molecule has 0 bridgehead atoms. The lowest BCUT2D eigenvalue weighted by molar-refractivity contribution is 0.0593. The summed E-state index contributed by atoms with van der Waals surface area (Å²) in [6.45, 7) is 2.09. The highest BCUT2D eigenvalue weighted by Gasteiger charge is 2.19.